The van der Waals surface area contributed by atoms with Gasteiger partial charge in [-0.25, -0.2) is 4.63 Å². The van der Waals surface area contributed by atoms with E-state index in [-0.39, 0.29) is 17.8 Å². The maximum absolute atomic E-state index is 10.9. The zero-order chi connectivity index (χ0) is 13.4. The SMILES string of the molecule is O=[N+]([O-])c1ccc(N(CCO)C2CC2)c2nonc12. The van der Waals surface area contributed by atoms with E-state index in [4.69, 9.17) is 5.11 Å². The number of nitrogens with zero attached hydrogens (tertiary/aromatic N) is 4. The highest BCUT2D eigenvalue weighted by atomic mass is 16.6. The summed E-state index contributed by atoms with van der Waals surface area (Å²) < 4.78 is 4.63. The van der Waals surface area contributed by atoms with Crippen molar-refractivity contribution in [3.63, 3.8) is 0 Å². The molecule has 0 amide bonds. The van der Waals surface area contributed by atoms with Gasteiger partial charge >= 0.3 is 5.69 Å². The van der Waals surface area contributed by atoms with Crippen LogP contribution in [0.1, 0.15) is 12.8 Å². The van der Waals surface area contributed by atoms with Crippen LogP contribution in [0.25, 0.3) is 11.0 Å². The van der Waals surface area contributed by atoms with Gasteiger partial charge in [-0.1, -0.05) is 0 Å². The maximum atomic E-state index is 10.9. The Morgan fingerprint density at radius 1 is 1.42 bits per heavy atom. The number of nitro groups is 1. The minimum absolute atomic E-state index is 0.0141. The Balaban J connectivity index is 2.11. The average Bonchev–Trinajstić information content (AvgIpc) is 3.11. The van der Waals surface area contributed by atoms with Gasteiger partial charge in [-0.2, -0.15) is 0 Å². The van der Waals surface area contributed by atoms with Crippen molar-refractivity contribution >= 4 is 22.4 Å². The number of anilines is 1. The number of aliphatic hydroxyl groups is 1. The van der Waals surface area contributed by atoms with E-state index in [2.05, 4.69) is 14.9 Å². The van der Waals surface area contributed by atoms with Crippen LogP contribution in [0, 0.1) is 10.1 Å². The molecule has 0 aliphatic heterocycles. The second-order valence-corrected chi connectivity index (χ2v) is 4.47. The van der Waals surface area contributed by atoms with E-state index >= 15 is 0 Å². The van der Waals surface area contributed by atoms with Gasteiger partial charge in [0.25, 0.3) is 0 Å². The molecule has 0 radical (unpaired) electrons. The van der Waals surface area contributed by atoms with Crippen LogP contribution in [0.4, 0.5) is 11.4 Å². The number of benzene rings is 1. The minimum Gasteiger partial charge on any atom is -0.395 e. The zero-order valence-corrected chi connectivity index (χ0v) is 10.0. The Bertz CT molecular complexity index is 622. The quantitative estimate of drug-likeness (QED) is 0.636. The lowest BCUT2D eigenvalue weighted by Gasteiger charge is -2.23. The molecule has 19 heavy (non-hydrogen) atoms. The van der Waals surface area contributed by atoms with E-state index in [0.717, 1.165) is 18.5 Å². The first-order valence-corrected chi connectivity index (χ1v) is 5.99. The van der Waals surface area contributed by atoms with E-state index in [1.54, 1.807) is 6.07 Å². The standard InChI is InChI=1S/C11H12N4O4/c16-6-5-14(7-1-2-7)8-3-4-9(15(17)18)11-10(8)12-19-13-11/h3-4,7,16H,1-2,5-6H2. The number of nitro benzene ring substituents is 1. The molecule has 1 aliphatic carbocycles. The third kappa shape index (κ3) is 1.99. The fourth-order valence-corrected chi connectivity index (χ4v) is 2.21. The van der Waals surface area contributed by atoms with E-state index in [1.807, 2.05) is 4.90 Å². The summed E-state index contributed by atoms with van der Waals surface area (Å²) >= 11 is 0. The Kier molecular flexibility index (Phi) is 2.79. The van der Waals surface area contributed by atoms with Crippen LogP contribution in [-0.2, 0) is 0 Å². The Hall–Kier alpha value is -2.22. The second-order valence-electron chi connectivity index (χ2n) is 4.47. The first-order valence-electron chi connectivity index (χ1n) is 5.99. The first-order chi connectivity index (χ1) is 9.22. The number of aromatic nitrogens is 2. The van der Waals surface area contributed by atoms with E-state index in [0.29, 0.717) is 18.1 Å². The summed E-state index contributed by atoms with van der Waals surface area (Å²) in [7, 11) is 0. The van der Waals surface area contributed by atoms with Crippen molar-refractivity contribution in [2.24, 2.45) is 0 Å². The molecule has 1 N–H and O–H groups in total. The molecule has 8 heteroatoms. The highest BCUT2D eigenvalue weighted by molar-refractivity contribution is 5.94. The Labute approximate surface area is 107 Å². The number of hydrogen-bond donors (Lipinski definition) is 1. The van der Waals surface area contributed by atoms with Crippen molar-refractivity contribution in [3.8, 4) is 0 Å². The summed E-state index contributed by atoms with van der Waals surface area (Å²) in [5.41, 5.74) is 1.11. The molecule has 3 rings (SSSR count). The van der Waals surface area contributed by atoms with Gasteiger partial charge in [0.2, 0.25) is 5.52 Å². The van der Waals surface area contributed by atoms with E-state index in [9.17, 15) is 10.1 Å². The van der Waals surface area contributed by atoms with Crippen LogP contribution in [0.2, 0.25) is 0 Å². The molecule has 0 atom stereocenters. The highest BCUT2D eigenvalue weighted by Gasteiger charge is 2.32. The van der Waals surface area contributed by atoms with Crippen LogP contribution in [0.15, 0.2) is 16.8 Å². The molecule has 1 aliphatic rings. The first kappa shape index (κ1) is 11.8. The minimum atomic E-state index is -0.510. The molecular weight excluding hydrogens is 252 g/mol. The third-order valence-electron chi connectivity index (χ3n) is 3.21. The van der Waals surface area contributed by atoms with Crippen molar-refractivity contribution in [2.75, 3.05) is 18.1 Å². The van der Waals surface area contributed by atoms with Crippen molar-refractivity contribution in [2.45, 2.75) is 18.9 Å². The van der Waals surface area contributed by atoms with E-state index < -0.39 is 4.92 Å². The Morgan fingerprint density at radius 2 is 2.16 bits per heavy atom. The summed E-state index contributed by atoms with van der Waals surface area (Å²) in [5.74, 6) is 0. The molecule has 0 unspecified atom stereocenters. The number of fused-ring (bicyclic) bond motifs is 1. The smallest absolute Gasteiger partial charge is 0.300 e. The summed E-state index contributed by atoms with van der Waals surface area (Å²) in [6.07, 6.45) is 2.09. The molecule has 1 aromatic carbocycles. The average molecular weight is 264 g/mol. The van der Waals surface area contributed by atoms with Crippen molar-refractivity contribution in [1.29, 1.82) is 0 Å². The fraction of sp³-hybridized carbons (Fsp3) is 0.455. The molecule has 8 nitrogen and oxygen atoms in total. The maximum Gasteiger partial charge on any atom is 0.300 e. The lowest BCUT2D eigenvalue weighted by Crippen LogP contribution is -2.29. The molecule has 1 aromatic heterocycles. The summed E-state index contributed by atoms with van der Waals surface area (Å²) in [5, 5.41) is 27.4. The zero-order valence-electron chi connectivity index (χ0n) is 10.0. The number of non-ortho nitro benzene ring substituents is 1. The van der Waals surface area contributed by atoms with Crippen LogP contribution in [-0.4, -0.2) is 39.5 Å². The van der Waals surface area contributed by atoms with Crippen LogP contribution >= 0.6 is 0 Å². The number of rotatable bonds is 5. The second kappa shape index (κ2) is 4.47. The van der Waals surface area contributed by atoms with Gasteiger partial charge in [-0.15, -0.1) is 0 Å². The molecule has 0 spiro atoms. The van der Waals surface area contributed by atoms with Crippen LogP contribution < -0.4 is 4.90 Å². The lowest BCUT2D eigenvalue weighted by atomic mass is 10.2. The molecule has 2 aromatic rings. The third-order valence-corrected chi connectivity index (χ3v) is 3.21. The molecule has 0 saturated heterocycles. The molecule has 1 saturated carbocycles. The van der Waals surface area contributed by atoms with Crippen LogP contribution in [0.3, 0.4) is 0 Å². The molecule has 1 fully saturated rings. The van der Waals surface area contributed by atoms with Gasteiger partial charge < -0.3 is 10.0 Å². The summed E-state index contributed by atoms with van der Waals surface area (Å²) in [6.45, 7) is 0.477. The van der Waals surface area contributed by atoms with Crippen LogP contribution in [0.5, 0.6) is 0 Å². The van der Waals surface area contributed by atoms with Gasteiger partial charge in [0.1, 0.15) is 0 Å². The van der Waals surface area contributed by atoms with Gasteiger partial charge in [0.05, 0.1) is 17.2 Å². The predicted octanol–water partition coefficient (Wildman–Crippen LogP) is 1.09. The molecule has 0 bridgehead atoms. The summed E-state index contributed by atoms with van der Waals surface area (Å²) in [6, 6.07) is 3.39. The normalized spacial score (nSPS) is 14.8. The number of hydrogen-bond acceptors (Lipinski definition) is 7. The Morgan fingerprint density at radius 3 is 2.79 bits per heavy atom. The molecular formula is C11H12N4O4. The van der Waals surface area contributed by atoms with Gasteiger partial charge in [-0.3, -0.25) is 10.1 Å². The van der Waals surface area contributed by atoms with E-state index in [1.165, 1.54) is 6.07 Å². The predicted molar refractivity (Wildman–Crippen MR) is 65.9 cm³/mol. The van der Waals surface area contributed by atoms with Gasteiger partial charge in [0, 0.05) is 18.7 Å². The topological polar surface area (TPSA) is 106 Å². The largest absolute Gasteiger partial charge is 0.395 e. The van der Waals surface area contributed by atoms with Gasteiger partial charge in [0.15, 0.2) is 5.52 Å². The number of aliphatic hydroxyl groups excluding tert-OH is 1. The van der Waals surface area contributed by atoms with Gasteiger partial charge in [-0.05, 0) is 29.2 Å². The van der Waals surface area contributed by atoms with Crippen molar-refractivity contribution in [3.05, 3.63) is 22.2 Å². The highest BCUT2D eigenvalue weighted by Crippen LogP contribution is 2.37. The fourth-order valence-electron chi connectivity index (χ4n) is 2.21. The van der Waals surface area contributed by atoms with Crippen molar-refractivity contribution < 1.29 is 14.7 Å². The lowest BCUT2D eigenvalue weighted by molar-refractivity contribution is -0.383. The molecule has 1 heterocycles. The molecule has 100 valence electrons. The van der Waals surface area contributed by atoms with Crippen molar-refractivity contribution in [1.82, 2.24) is 10.3 Å². The summed E-state index contributed by atoms with van der Waals surface area (Å²) in [4.78, 5) is 12.4. The monoisotopic (exact) mass is 264 g/mol.